The largest absolute Gasteiger partial charge is 0.326 e. The Morgan fingerprint density at radius 3 is 2.09 bits per heavy atom. The number of benzene rings is 1. The second-order valence-corrected chi connectivity index (χ2v) is 8.29. The third-order valence-corrected chi connectivity index (χ3v) is 4.66. The number of sulfonamides is 1. The summed E-state index contributed by atoms with van der Waals surface area (Å²) in [6, 6.07) is 8.66. The van der Waals surface area contributed by atoms with Crippen LogP contribution in [0.3, 0.4) is 0 Å². The molecule has 1 aliphatic carbocycles. The Morgan fingerprint density at radius 2 is 1.65 bits per heavy atom. The maximum absolute atomic E-state index is 10.9. The Morgan fingerprint density at radius 1 is 1.13 bits per heavy atom. The van der Waals surface area contributed by atoms with E-state index in [9.17, 15) is 8.42 Å². The van der Waals surface area contributed by atoms with Crippen LogP contribution in [0.25, 0.3) is 0 Å². The van der Waals surface area contributed by atoms with E-state index < -0.39 is 10.0 Å². The summed E-state index contributed by atoms with van der Waals surface area (Å²) < 4.78 is 24.3. The average molecular weight is 428 g/mol. The maximum Gasteiger partial charge on any atom is 0.209 e. The molecule has 0 aromatic heterocycles. The summed E-state index contributed by atoms with van der Waals surface area (Å²) in [5.41, 5.74) is 8.52. The molecule has 3 N–H and O–H groups in total. The van der Waals surface area contributed by atoms with E-state index in [1.165, 1.54) is 17.4 Å². The van der Waals surface area contributed by atoms with Crippen molar-refractivity contribution >= 4 is 10.0 Å². The first-order valence-electron chi connectivity index (χ1n) is 7.98. The molecule has 0 spiro atoms. The zero-order chi connectivity index (χ0) is 16.8. The van der Waals surface area contributed by atoms with E-state index in [-0.39, 0.29) is 31.6 Å². The van der Waals surface area contributed by atoms with E-state index in [4.69, 9.17) is 5.73 Å². The van der Waals surface area contributed by atoms with Crippen LogP contribution < -0.4 is 10.5 Å². The molecule has 0 saturated heterocycles. The number of hydrogen-bond acceptors (Lipinski definition) is 3. The smallest absolute Gasteiger partial charge is 0.209 e. The molecule has 1 saturated carbocycles. The monoisotopic (exact) mass is 428 g/mol. The van der Waals surface area contributed by atoms with Crippen LogP contribution in [0.1, 0.15) is 56.6 Å². The molecule has 23 heavy (non-hydrogen) atoms. The first kappa shape index (κ1) is 22.7. The Bertz CT molecular complexity index is 544. The summed E-state index contributed by atoms with van der Waals surface area (Å²) >= 11 is 0. The third kappa shape index (κ3) is 9.56. The quantitative estimate of drug-likeness (QED) is 0.729. The average Bonchev–Trinajstić information content (AvgIpc) is 2.41. The van der Waals surface area contributed by atoms with Crippen molar-refractivity contribution in [2.75, 3.05) is 6.26 Å². The van der Waals surface area contributed by atoms with Crippen molar-refractivity contribution in [1.82, 2.24) is 4.72 Å². The van der Waals surface area contributed by atoms with Gasteiger partial charge in [0.15, 0.2) is 0 Å². The van der Waals surface area contributed by atoms with Crippen LogP contribution in [0.5, 0.6) is 0 Å². The number of hydrogen-bond donors (Lipinski definition) is 2. The number of rotatable bonds is 3. The number of nitrogens with one attached hydrogen (secondary N) is 1. The zero-order valence-electron chi connectivity index (χ0n) is 14.5. The summed E-state index contributed by atoms with van der Waals surface area (Å²) in [6.07, 6.45) is 5.15. The van der Waals surface area contributed by atoms with Crippen LogP contribution in [0.2, 0.25) is 0 Å². The van der Waals surface area contributed by atoms with Crippen LogP contribution in [-0.2, 0) is 29.5 Å². The second kappa shape index (κ2) is 10.6. The molecule has 2 atom stereocenters. The van der Waals surface area contributed by atoms with Gasteiger partial charge >= 0.3 is 0 Å². The zero-order valence-corrected chi connectivity index (χ0v) is 17.1. The molecule has 6 heteroatoms. The van der Waals surface area contributed by atoms with Crippen molar-refractivity contribution < 1.29 is 27.9 Å². The topological polar surface area (TPSA) is 72.2 Å². The fraction of sp³-hybridized carbons (Fsp3) is 0.647. The normalized spacial score (nSPS) is 21.1. The fourth-order valence-corrected chi connectivity index (χ4v) is 3.37. The van der Waals surface area contributed by atoms with Gasteiger partial charge in [0.1, 0.15) is 0 Å². The van der Waals surface area contributed by atoms with E-state index in [0.717, 1.165) is 25.7 Å². The fourth-order valence-electron chi connectivity index (χ4n) is 2.53. The van der Waals surface area contributed by atoms with Crippen molar-refractivity contribution in [2.45, 2.75) is 64.5 Å². The predicted octanol–water partition coefficient (Wildman–Crippen LogP) is 2.92. The van der Waals surface area contributed by atoms with Gasteiger partial charge in [0.25, 0.3) is 0 Å². The van der Waals surface area contributed by atoms with Gasteiger partial charge in [0, 0.05) is 31.6 Å². The first-order valence-corrected chi connectivity index (χ1v) is 9.87. The molecule has 0 bridgehead atoms. The molecule has 0 heterocycles. The molecule has 4 nitrogen and oxygen atoms in total. The van der Waals surface area contributed by atoms with Crippen LogP contribution in [-0.4, -0.2) is 26.8 Å². The van der Waals surface area contributed by atoms with E-state index in [1.54, 1.807) is 0 Å². The van der Waals surface area contributed by atoms with Gasteiger partial charge < -0.3 is 5.73 Å². The molecule has 1 aromatic rings. The molecule has 1 aliphatic rings. The third-order valence-electron chi connectivity index (χ3n) is 3.93. The Balaban J connectivity index is 0.000000409. The Kier molecular flexibility index (Phi) is 10.4. The summed E-state index contributed by atoms with van der Waals surface area (Å²) in [5, 5.41) is 0. The van der Waals surface area contributed by atoms with Gasteiger partial charge in [0.05, 0.1) is 6.26 Å². The van der Waals surface area contributed by atoms with E-state index in [2.05, 4.69) is 49.8 Å². The van der Waals surface area contributed by atoms with E-state index in [0.29, 0.717) is 5.92 Å². The molecule has 0 aliphatic heterocycles. The Labute approximate surface area is 154 Å². The second-order valence-electron chi connectivity index (χ2n) is 6.51. The van der Waals surface area contributed by atoms with Gasteiger partial charge in [-0.1, -0.05) is 56.5 Å². The molecule has 1 aromatic carbocycles. The van der Waals surface area contributed by atoms with E-state index in [1.807, 2.05) is 0 Å². The first-order chi connectivity index (χ1) is 10.2. The van der Waals surface area contributed by atoms with E-state index >= 15 is 0 Å². The van der Waals surface area contributed by atoms with Gasteiger partial charge in [-0.2, -0.15) is 0 Å². The molecule has 0 unspecified atom stereocenters. The van der Waals surface area contributed by atoms with Crippen molar-refractivity contribution in [1.29, 1.82) is 0 Å². The van der Waals surface area contributed by atoms with Crippen LogP contribution in [0, 0.1) is 6.92 Å². The summed E-state index contributed by atoms with van der Waals surface area (Å²) in [7, 11) is -3.09. The minimum atomic E-state index is -3.09. The van der Waals surface area contributed by atoms with Crippen LogP contribution in [0.4, 0.5) is 0 Å². The number of aryl methyl sites for hydroxylation is 1. The molecule has 1 fully saturated rings. The van der Waals surface area contributed by atoms with Crippen molar-refractivity contribution in [3.05, 3.63) is 35.4 Å². The Hall–Kier alpha value is -0.287. The van der Waals surface area contributed by atoms with Crippen LogP contribution >= 0.6 is 0 Å². The SMILES string of the molecule is CS(=O)(=O)N[C@@H]1CCCC[C@H]1N.Cc1ccc(C(C)C)cc1.[Ru]. The summed E-state index contributed by atoms with van der Waals surface area (Å²) in [6.45, 7) is 6.54. The molecular weight excluding hydrogens is 397 g/mol. The molecule has 134 valence electrons. The van der Waals surface area contributed by atoms with Crippen LogP contribution in [0.15, 0.2) is 24.3 Å². The van der Waals surface area contributed by atoms with Gasteiger partial charge in [-0.3, -0.25) is 0 Å². The summed E-state index contributed by atoms with van der Waals surface area (Å²) in [4.78, 5) is 0. The minimum absolute atomic E-state index is 0. The molecule has 0 radical (unpaired) electrons. The molecule has 2 rings (SSSR count). The maximum atomic E-state index is 10.9. The predicted molar refractivity (Wildman–Crippen MR) is 93.5 cm³/mol. The number of nitrogens with two attached hydrogens (primary N) is 1. The van der Waals surface area contributed by atoms with Gasteiger partial charge in [-0.25, -0.2) is 13.1 Å². The van der Waals surface area contributed by atoms with Gasteiger partial charge in [-0.05, 0) is 31.2 Å². The standard InChI is InChI=1S/C10H14.C7H16N2O2S.Ru/c1-8(2)10-6-4-9(3)5-7-10;1-12(10,11)9-7-5-3-2-4-6(7)8;/h4-8H,1-3H3;6-7,9H,2-5,8H2,1H3;/t;6-,7-;/m.1./s1. The molecular formula is C17H30N2O2RuS. The van der Waals surface area contributed by atoms with Crippen molar-refractivity contribution in [2.24, 2.45) is 5.73 Å². The minimum Gasteiger partial charge on any atom is -0.326 e. The van der Waals surface area contributed by atoms with Crippen molar-refractivity contribution in [3.63, 3.8) is 0 Å². The van der Waals surface area contributed by atoms with Gasteiger partial charge in [0.2, 0.25) is 10.0 Å². The summed E-state index contributed by atoms with van der Waals surface area (Å²) in [5.74, 6) is 0.653. The van der Waals surface area contributed by atoms with Gasteiger partial charge in [-0.15, -0.1) is 0 Å². The van der Waals surface area contributed by atoms with Crippen molar-refractivity contribution in [3.8, 4) is 0 Å². The molecule has 0 amide bonds.